The van der Waals surface area contributed by atoms with E-state index in [1.165, 1.54) is 0 Å². The van der Waals surface area contributed by atoms with Gasteiger partial charge in [0.1, 0.15) is 17.3 Å². The average Bonchev–Trinajstić information content (AvgIpc) is 2.77. The van der Waals surface area contributed by atoms with Gasteiger partial charge in [-0.05, 0) is 52.4 Å². The van der Waals surface area contributed by atoms with Gasteiger partial charge < -0.3 is 20.4 Å². The fourth-order valence-corrected chi connectivity index (χ4v) is 2.73. The molecule has 0 aliphatic carbocycles. The smallest absolute Gasteiger partial charge is 0.138 e. The molecule has 0 heterocycles. The molecule has 0 aromatic heterocycles. The van der Waals surface area contributed by atoms with E-state index in [2.05, 4.69) is 0 Å². The first kappa shape index (κ1) is 44.5. The number of carbonyl (C=O) groups excluding carboxylic acids is 3. The molecule has 3 atom stereocenters. The number of Topliss-reactive ketones (excluding diaryl/α,β-unsaturated/α-hetero) is 3. The number of rotatable bonds is 15. The zero-order valence-electron chi connectivity index (χ0n) is 23.8. The van der Waals surface area contributed by atoms with Crippen molar-refractivity contribution in [1.82, 2.24) is 0 Å². The monoisotopic (exact) mass is 540 g/mol. The first-order valence-electron chi connectivity index (χ1n) is 13.1. The van der Waals surface area contributed by atoms with Crippen LogP contribution in [0.25, 0.3) is 0 Å². The quantitative estimate of drug-likeness (QED) is 0.225. The maximum Gasteiger partial charge on any atom is 0.138 e. The number of ketones is 3. The van der Waals surface area contributed by atoms with Crippen molar-refractivity contribution >= 4 is 17.3 Å². The molecule has 0 saturated carbocycles. The van der Waals surface area contributed by atoms with Gasteiger partial charge in [0.05, 0.1) is 19.8 Å². The van der Waals surface area contributed by atoms with Crippen molar-refractivity contribution in [2.75, 3.05) is 19.8 Å². The van der Waals surface area contributed by atoms with Crippen LogP contribution in [0.3, 0.4) is 0 Å². The second-order valence-electron chi connectivity index (χ2n) is 8.61. The Balaban J connectivity index is -0.000000118. The minimum atomic E-state index is -0.167. The molecule has 7 nitrogen and oxygen atoms in total. The Hall–Kier alpha value is -0.436. The van der Waals surface area contributed by atoms with Crippen molar-refractivity contribution in [3.8, 4) is 0 Å². The van der Waals surface area contributed by atoms with E-state index in [0.29, 0.717) is 19.3 Å². The van der Waals surface area contributed by atoms with Crippen LogP contribution in [0.5, 0.6) is 0 Å². The second-order valence-corrected chi connectivity index (χ2v) is 8.61. The summed E-state index contributed by atoms with van der Waals surface area (Å²) in [4.78, 5) is 33.1. The van der Waals surface area contributed by atoms with E-state index >= 15 is 0 Å². The van der Waals surface area contributed by atoms with Crippen molar-refractivity contribution in [1.29, 1.82) is 0 Å². The maximum absolute atomic E-state index is 11.0. The van der Waals surface area contributed by atoms with Gasteiger partial charge in [-0.15, -0.1) is 0 Å². The van der Waals surface area contributed by atoms with Gasteiger partial charge in [-0.25, -0.2) is 0 Å². The van der Waals surface area contributed by atoms with Crippen LogP contribution in [0.1, 0.15) is 113 Å². The number of carbonyl (C=O) groups is 3. The van der Waals surface area contributed by atoms with Crippen molar-refractivity contribution < 1.29 is 56.5 Å². The summed E-state index contributed by atoms with van der Waals surface area (Å²) in [6.07, 6.45) is 6.59. The summed E-state index contributed by atoms with van der Waals surface area (Å²) in [7, 11) is 0. The summed E-state index contributed by atoms with van der Waals surface area (Å²) in [5, 5.41) is 34.2. The van der Waals surface area contributed by atoms with Crippen molar-refractivity contribution in [3.05, 3.63) is 0 Å². The molecular weight excluding hydrogens is 484 g/mol. The molecule has 0 bridgehead atoms. The fraction of sp³-hybridized carbons (Fsp3) is 0.889. The number of aliphatic hydroxyl groups is 4. The van der Waals surface area contributed by atoms with E-state index in [-0.39, 0.29) is 82.7 Å². The molecule has 0 aromatic rings. The van der Waals surface area contributed by atoms with Gasteiger partial charge in [-0.3, -0.25) is 14.4 Å². The molecule has 0 aliphatic rings. The van der Waals surface area contributed by atoms with Gasteiger partial charge >= 0.3 is 0 Å². The molecule has 0 aromatic carbocycles. The summed E-state index contributed by atoms with van der Waals surface area (Å²) >= 11 is 0. The van der Waals surface area contributed by atoms with Crippen molar-refractivity contribution in [2.45, 2.75) is 119 Å². The van der Waals surface area contributed by atoms with Crippen LogP contribution in [0.15, 0.2) is 0 Å². The summed E-state index contributed by atoms with van der Waals surface area (Å²) in [6, 6.07) is 0. The third-order valence-corrected chi connectivity index (χ3v) is 4.99. The van der Waals surface area contributed by atoms with Crippen LogP contribution in [0, 0.1) is 17.8 Å². The van der Waals surface area contributed by atoms with E-state index in [1.54, 1.807) is 13.8 Å². The van der Waals surface area contributed by atoms with Gasteiger partial charge in [0, 0.05) is 64.8 Å². The predicted octanol–water partition coefficient (Wildman–Crippen LogP) is 4.51. The summed E-state index contributed by atoms with van der Waals surface area (Å²) in [6.45, 7) is 15.2. The molecule has 0 saturated heterocycles. The molecule has 0 fully saturated rings. The molecule has 35 heavy (non-hydrogen) atoms. The topological polar surface area (TPSA) is 132 Å². The van der Waals surface area contributed by atoms with Crippen molar-refractivity contribution in [2.24, 2.45) is 17.8 Å². The predicted molar refractivity (Wildman–Crippen MR) is 140 cm³/mol. The van der Waals surface area contributed by atoms with Crippen LogP contribution in [-0.2, 0) is 36.1 Å². The molecule has 8 heteroatoms. The van der Waals surface area contributed by atoms with Gasteiger partial charge in [0.25, 0.3) is 0 Å². The molecule has 4 N–H and O–H groups in total. The third kappa shape index (κ3) is 31.5. The van der Waals surface area contributed by atoms with E-state index < -0.39 is 0 Å². The largest absolute Gasteiger partial charge is 0.396 e. The number of hydrogen-bond donors (Lipinski definition) is 4. The van der Waals surface area contributed by atoms with Crippen molar-refractivity contribution in [3.63, 3.8) is 0 Å². The van der Waals surface area contributed by atoms with E-state index in [0.717, 1.165) is 38.5 Å². The Kier molecular flexibility index (Phi) is 42.7. The molecule has 0 amide bonds. The van der Waals surface area contributed by atoms with E-state index in [1.807, 2.05) is 41.5 Å². The third-order valence-electron chi connectivity index (χ3n) is 4.99. The SMILES string of the molecule is CC(C)O.CCCC(=O)C(CC)CO.CCCC(=O)C(CC)CO.CCCC(=O)C(CC)CO.[Ti]. The van der Waals surface area contributed by atoms with E-state index in [9.17, 15) is 14.4 Å². The van der Waals surface area contributed by atoms with E-state index in [4.69, 9.17) is 20.4 Å². The molecular formula is C27H56O7Ti. The number of aliphatic hydroxyl groups excluding tert-OH is 4. The van der Waals surface area contributed by atoms with Gasteiger partial charge in [0.15, 0.2) is 0 Å². The van der Waals surface area contributed by atoms with Gasteiger partial charge in [-0.2, -0.15) is 0 Å². The Morgan fingerprint density at radius 2 is 0.714 bits per heavy atom. The van der Waals surface area contributed by atoms with Crippen LogP contribution in [-0.4, -0.2) is 63.7 Å². The Bertz CT molecular complexity index is 394. The summed E-state index contributed by atoms with van der Waals surface area (Å²) in [5.74, 6) is 0.271. The zero-order valence-corrected chi connectivity index (χ0v) is 25.4. The Morgan fingerprint density at radius 3 is 0.800 bits per heavy atom. The van der Waals surface area contributed by atoms with Crippen LogP contribution < -0.4 is 0 Å². The summed E-state index contributed by atoms with van der Waals surface area (Å²) in [5.41, 5.74) is 0. The standard InChI is InChI=1S/3C8H16O2.C3H8O.Ti/c3*1-3-5-8(10)7(4-2)6-9;1-3(2)4;/h3*7,9H,3-6H2,1-2H3;3-4H,1-2H3;. The molecule has 0 spiro atoms. The number of hydrogen-bond acceptors (Lipinski definition) is 7. The zero-order chi connectivity index (χ0) is 27.5. The minimum absolute atomic E-state index is 0. The van der Waals surface area contributed by atoms with Crippen LogP contribution in [0.4, 0.5) is 0 Å². The first-order valence-corrected chi connectivity index (χ1v) is 13.1. The maximum atomic E-state index is 11.0. The minimum Gasteiger partial charge on any atom is -0.396 e. The molecule has 0 aliphatic heterocycles. The average molecular weight is 541 g/mol. The normalized spacial score (nSPS) is 12.3. The molecule has 0 rings (SSSR count). The second kappa shape index (κ2) is 33.6. The molecule has 3 unspecified atom stereocenters. The van der Waals surface area contributed by atoms with Gasteiger partial charge in [0.2, 0.25) is 0 Å². The fourth-order valence-electron chi connectivity index (χ4n) is 2.73. The Morgan fingerprint density at radius 1 is 0.543 bits per heavy atom. The molecule has 0 radical (unpaired) electrons. The Labute approximate surface area is 230 Å². The van der Waals surface area contributed by atoms with Crippen LogP contribution in [0.2, 0.25) is 0 Å². The first-order chi connectivity index (χ1) is 16.0. The summed E-state index contributed by atoms with van der Waals surface area (Å²) < 4.78 is 0. The molecule has 210 valence electrons. The van der Waals surface area contributed by atoms with Gasteiger partial charge in [-0.1, -0.05) is 41.5 Å². The van der Waals surface area contributed by atoms with Crippen LogP contribution >= 0.6 is 0 Å².